The van der Waals surface area contributed by atoms with Crippen LogP contribution in [0.25, 0.3) is 11.1 Å². The molecule has 0 bridgehead atoms. The molecule has 102 valence electrons. The van der Waals surface area contributed by atoms with Gasteiger partial charge in [0.05, 0.1) is 0 Å². The summed E-state index contributed by atoms with van der Waals surface area (Å²) in [6.45, 7) is 4.58. The fraction of sp³-hybridized carbons (Fsp3) is 0.429. The molecule has 2 aromatic rings. The van der Waals surface area contributed by atoms with Crippen molar-refractivity contribution in [1.29, 1.82) is 0 Å². The molecule has 0 spiro atoms. The minimum absolute atomic E-state index is 0.0302. The summed E-state index contributed by atoms with van der Waals surface area (Å²) in [6, 6.07) is 5.47. The van der Waals surface area contributed by atoms with Gasteiger partial charge in [0.2, 0.25) is 5.91 Å². The number of benzene rings is 1. The number of rotatable bonds is 5. The van der Waals surface area contributed by atoms with Crippen molar-refractivity contribution < 1.29 is 9.21 Å². The van der Waals surface area contributed by atoms with E-state index < -0.39 is 0 Å². The van der Waals surface area contributed by atoms with Gasteiger partial charge in [-0.05, 0) is 31.2 Å². The fourth-order valence-electron chi connectivity index (χ4n) is 1.76. The number of oxazole rings is 1. The first kappa shape index (κ1) is 13.5. The highest BCUT2D eigenvalue weighted by molar-refractivity contribution is 5.92. The highest BCUT2D eigenvalue weighted by Crippen LogP contribution is 2.23. The van der Waals surface area contributed by atoms with Crippen LogP contribution < -0.4 is 11.1 Å². The first-order valence-electron chi connectivity index (χ1n) is 6.50. The van der Waals surface area contributed by atoms with Gasteiger partial charge in [-0.1, -0.05) is 13.8 Å². The average molecular weight is 261 g/mol. The van der Waals surface area contributed by atoms with Gasteiger partial charge in [0.1, 0.15) is 5.52 Å². The maximum absolute atomic E-state index is 11.6. The van der Waals surface area contributed by atoms with Crippen molar-refractivity contribution in [2.75, 3.05) is 11.9 Å². The van der Waals surface area contributed by atoms with Crippen molar-refractivity contribution in [3.63, 3.8) is 0 Å². The number of carbonyl (C=O) groups excluding carboxylic acids is 1. The normalized spacial score (nSPS) is 11.2. The predicted octanol–water partition coefficient (Wildman–Crippen LogP) is 2.63. The van der Waals surface area contributed by atoms with Crippen LogP contribution in [0.4, 0.5) is 5.69 Å². The number of nitrogens with two attached hydrogens (primary N) is 1. The second-order valence-electron chi connectivity index (χ2n) is 4.83. The van der Waals surface area contributed by atoms with Gasteiger partial charge in [-0.25, -0.2) is 4.98 Å². The van der Waals surface area contributed by atoms with Gasteiger partial charge >= 0.3 is 0 Å². The van der Waals surface area contributed by atoms with E-state index in [0.717, 1.165) is 16.8 Å². The molecule has 1 heterocycles. The first-order valence-corrected chi connectivity index (χ1v) is 6.50. The summed E-state index contributed by atoms with van der Waals surface area (Å²) >= 11 is 0. The van der Waals surface area contributed by atoms with Gasteiger partial charge < -0.3 is 15.5 Å². The number of anilines is 1. The molecule has 0 fully saturated rings. The Morgan fingerprint density at radius 2 is 2.26 bits per heavy atom. The molecule has 1 amide bonds. The number of fused-ring (bicyclic) bond motifs is 1. The molecule has 0 aliphatic heterocycles. The Morgan fingerprint density at radius 3 is 2.95 bits per heavy atom. The molecule has 5 heteroatoms. The molecule has 2 rings (SSSR count). The van der Waals surface area contributed by atoms with Gasteiger partial charge in [-0.15, -0.1) is 0 Å². The zero-order valence-corrected chi connectivity index (χ0v) is 11.3. The minimum Gasteiger partial charge on any atom is -0.440 e. The van der Waals surface area contributed by atoms with Gasteiger partial charge in [0.25, 0.3) is 0 Å². The minimum atomic E-state index is -0.0302. The summed E-state index contributed by atoms with van der Waals surface area (Å²) in [5.41, 5.74) is 7.61. The Labute approximate surface area is 112 Å². The van der Waals surface area contributed by atoms with Crippen LogP contribution in [0.5, 0.6) is 0 Å². The summed E-state index contributed by atoms with van der Waals surface area (Å²) in [4.78, 5) is 16.0. The molecule has 0 aliphatic carbocycles. The zero-order valence-electron chi connectivity index (χ0n) is 11.3. The molecule has 1 aromatic carbocycles. The standard InChI is InChI=1S/C14H19N3O2/c1-9(2)14-17-11-8-10(5-6-12(11)19-14)16-13(18)4-3-7-15/h5-6,8-9H,3-4,7,15H2,1-2H3,(H,16,18). The molecular formula is C14H19N3O2. The van der Waals surface area contributed by atoms with Crippen LogP contribution in [0, 0.1) is 0 Å². The lowest BCUT2D eigenvalue weighted by Gasteiger charge is -2.03. The molecule has 0 saturated carbocycles. The Kier molecular flexibility index (Phi) is 4.16. The van der Waals surface area contributed by atoms with Crippen LogP contribution in [0.2, 0.25) is 0 Å². The van der Waals surface area contributed by atoms with E-state index in [1.807, 2.05) is 32.0 Å². The van der Waals surface area contributed by atoms with E-state index in [2.05, 4.69) is 10.3 Å². The zero-order chi connectivity index (χ0) is 13.8. The van der Waals surface area contributed by atoms with Gasteiger partial charge in [0.15, 0.2) is 11.5 Å². The number of nitrogens with zero attached hydrogens (tertiary/aromatic N) is 1. The highest BCUT2D eigenvalue weighted by atomic mass is 16.3. The summed E-state index contributed by atoms with van der Waals surface area (Å²) in [5.74, 6) is 0.925. The van der Waals surface area contributed by atoms with Crippen molar-refractivity contribution in [2.45, 2.75) is 32.6 Å². The van der Waals surface area contributed by atoms with Crippen molar-refractivity contribution >= 4 is 22.7 Å². The van der Waals surface area contributed by atoms with Crippen molar-refractivity contribution in [3.8, 4) is 0 Å². The van der Waals surface area contributed by atoms with Crippen LogP contribution >= 0.6 is 0 Å². The summed E-state index contributed by atoms with van der Waals surface area (Å²) in [5, 5.41) is 2.83. The van der Waals surface area contributed by atoms with Crippen molar-refractivity contribution in [1.82, 2.24) is 4.98 Å². The van der Waals surface area contributed by atoms with Gasteiger partial charge in [-0.2, -0.15) is 0 Å². The molecule has 1 aromatic heterocycles. The number of hydrogen-bond donors (Lipinski definition) is 2. The van der Waals surface area contributed by atoms with Crippen LogP contribution in [-0.2, 0) is 4.79 Å². The Bertz CT molecular complexity index is 575. The molecular weight excluding hydrogens is 242 g/mol. The third-order valence-corrected chi connectivity index (χ3v) is 2.79. The van der Waals surface area contributed by atoms with Crippen LogP contribution in [0.1, 0.15) is 38.5 Å². The Hall–Kier alpha value is -1.88. The van der Waals surface area contributed by atoms with Crippen molar-refractivity contribution in [2.24, 2.45) is 5.73 Å². The molecule has 19 heavy (non-hydrogen) atoms. The first-order chi connectivity index (χ1) is 9.10. The molecule has 0 aliphatic rings. The molecule has 0 radical (unpaired) electrons. The number of nitrogens with one attached hydrogen (secondary N) is 1. The molecule has 5 nitrogen and oxygen atoms in total. The van der Waals surface area contributed by atoms with E-state index >= 15 is 0 Å². The quantitative estimate of drug-likeness (QED) is 0.866. The third-order valence-electron chi connectivity index (χ3n) is 2.79. The van der Waals surface area contributed by atoms with E-state index in [9.17, 15) is 4.79 Å². The number of carbonyl (C=O) groups is 1. The summed E-state index contributed by atoms with van der Waals surface area (Å²) in [6.07, 6.45) is 1.13. The lowest BCUT2D eigenvalue weighted by Crippen LogP contribution is -2.13. The largest absolute Gasteiger partial charge is 0.440 e. The average Bonchev–Trinajstić information content (AvgIpc) is 2.79. The number of aromatic nitrogens is 1. The van der Waals surface area contributed by atoms with E-state index in [-0.39, 0.29) is 11.8 Å². The van der Waals surface area contributed by atoms with Gasteiger partial charge in [-0.3, -0.25) is 4.79 Å². The summed E-state index contributed by atoms with van der Waals surface area (Å²) in [7, 11) is 0. The highest BCUT2D eigenvalue weighted by Gasteiger charge is 2.10. The lowest BCUT2D eigenvalue weighted by molar-refractivity contribution is -0.116. The van der Waals surface area contributed by atoms with Gasteiger partial charge in [0, 0.05) is 18.0 Å². The molecule has 3 N–H and O–H groups in total. The van der Waals surface area contributed by atoms with E-state index in [1.165, 1.54) is 0 Å². The monoisotopic (exact) mass is 261 g/mol. The molecule has 0 saturated heterocycles. The lowest BCUT2D eigenvalue weighted by atomic mass is 10.2. The Balaban J connectivity index is 2.14. The number of hydrogen-bond acceptors (Lipinski definition) is 4. The number of amides is 1. The van der Waals surface area contributed by atoms with Crippen LogP contribution in [0.3, 0.4) is 0 Å². The van der Waals surface area contributed by atoms with E-state index in [4.69, 9.17) is 10.2 Å². The fourth-order valence-corrected chi connectivity index (χ4v) is 1.76. The van der Waals surface area contributed by atoms with E-state index in [0.29, 0.717) is 25.3 Å². The topological polar surface area (TPSA) is 81.2 Å². The summed E-state index contributed by atoms with van der Waals surface area (Å²) < 4.78 is 5.61. The SMILES string of the molecule is CC(C)c1nc2cc(NC(=O)CCCN)ccc2o1. The smallest absolute Gasteiger partial charge is 0.224 e. The predicted molar refractivity (Wildman–Crippen MR) is 75.0 cm³/mol. The second-order valence-corrected chi connectivity index (χ2v) is 4.83. The second kappa shape index (κ2) is 5.84. The van der Waals surface area contributed by atoms with E-state index in [1.54, 1.807) is 0 Å². The molecule has 0 unspecified atom stereocenters. The van der Waals surface area contributed by atoms with Crippen LogP contribution in [0.15, 0.2) is 22.6 Å². The molecule has 0 atom stereocenters. The maximum Gasteiger partial charge on any atom is 0.224 e. The maximum atomic E-state index is 11.6. The van der Waals surface area contributed by atoms with Crippen molar-refractivity contribution in [3.05, 3.63) is 24.1 Å². The Morgan fingerprint density at radius 1 is 1.47 bits per heavy atom. The third kappa shape index (κ3) is 3.32. The van der Waals surface area contributed by atoms with Crippen LogP contribution in [-0.4, -0.2) is 17.4 Å².